The Morgan fingerprint density at radius 3 is 2.73 bits per heavy atom. The van der Waals surface area contributed by atoms with Crippen molar-refractivity contribution < 1.29 is 0 Å². The van der Waals surface area contributed by atoms with Gasteiger partial charge in [0.05, 0.1) is 5.54 Å². The molecule has 0 fully saturated rings. The van der Waals surface area contributed by atoms with Gasteiger partial charge in [-0.25, -0.2) is 0 Å². The Morgan fingerprint density at radius 2 is 2.27 bits per heavy atom. The zero-order valence-corrected chi connectivity index (χ0v) is 8.01. The molecular weight excluding hydrogens is 156 g/mol. The van der Waals surface area contributed by atoms with Crippen molar-refractivity contribution in [1.29, 1.82) is 0 Å². The molecule has 0 spiro atoms. The first kappa shape index (κ1) is 8.53. The number of nitrogens with one attached hydrogen (secondary N) is 2. The fraction of sp³-hybridized carbons (Fsp3) is 0.625. The van der Waals surface area contributed by atoms with Crippen LogP contribution in [-0.4, -0.2) is 10.7 Å². The highest BCUT2D eigenvalue weighted by atomic mass is 32.1. The van der Waals surface area contributed by atoms with Crippen LogP contribution in [0.25, 0.3) is 0 Å². The van der Waals surface area contributed by atoms with Crippen LogP contribution in [0.1, 0.15) is 27.2 Å². The maximum atomic E-state index is 5.03. The van der Waals surface area contributed by atoms with Crippen LogP contribution in [0.15, 0.2) is 11.8 Å². The summed E-state index contributed by atoms with van der Waals surface area (Å²) in [4.78, 5) is 0. The normalized spacial score (nSPS) is 30.5. The largest absolute Gasteiger partial charge is 0.354 e. The summed E-state index contributed by atoms with van der Waals surface area (Å²) in [7, 11) is 0. The van der Waals surface area contributed by atoms with Gasteiger partial charge in [-0.3, -0.25) is 0 Å². The van der Waals surface area contributed by atoms with Crippen molar-refractivity contribution in [2.75, 3.05) is 0 Å². The summed E-state index contributed by atoms with van der Waals surface area (Å²) in [6.07, 6.45) is 3.22. The highest BCUT2D eigenvalue weighted by molar-refractivity contribution is 7.80. The fourth-order valence-corrected chi connectivity index (χ4v) is 1.60. The Balaban J connectivity index is 2.84. The molecule has 0 aromatic heterocycles. The molecular formula is C8H14N2S. The van der Waals surface area contributed by atoms with Gasteiger partial charge < -0.3 is 10.6 Å². The van der Waals surface area contributed by atoms with Gasteiger partial charge >= 0.3 is 0 Å². The molecule has 3 heteroatoms. The Labute approximate surface area is 73.1 Å². The first-order chi connectivity index (χ1) is 5.06. The van der Waals surface area contributed by atoms with Crippen molar-refractivity contribution in [1.82, 2.24) is 10.6 Å². The summed E-state index contributed by atoms with van der Waals surface area (Å²) in [5, 5.41) is 7.00. The van der Waals surface area contributed by atoms with Crippen LogP contribution in [0, 0.1) is 0 Å². The van der Waals surface area contributed by atoms with Crippen molar-refractivity contribution in [3.8, 4) is 0 Å². The smallest absolute Gasteiger partial charge is 0.171 e. The highest BCUT2D eigenvalue weighted by Gasteiger charge is 2.23. The van der Waals surface area contributed by atoms with E-state index < -0.39 is 0 Å². The topological polar surface area (TPSA) is 24.1 Å². The van der Waals surface area contributed by atoms with Gasteiger partial charge in [0.15, 0.2) is 5.11 Å². The number of thiocarbonyl (C=S) groups is 1. The third-order valence-electron chi connectivity index (χ3n) is 1.98. The average molecular weight is 170 g/mol. The van der Waals surface area contributed by atoms with E-state index in [0.29, 0.717) is 0 Å². The van der Waals surface area contributed by atoms with Crippen molar-refractivity contribution in [3.05, 3.63) is 11.8 Å². The van der Waals surface area contributed by atoms with Crippen LogP contribution in [0.3, 0.4) is 0 Å². The molecule has 0 aromatic rings. The molecule has 0 aromatic carbocycles. The first-order valence-electron chi connectivity index (χ1n) is 3.84. The second-order valence-electron chi connectivity index (χ2n) is 3.18. The molecule has 2 nitrogen and oxygen atoms in total. The van der Waals surface area contributed by atoms with Gasteiger partial charge in [-0.05, 0) is 38.6 Å². The molecule has 1 aliphatic heterocycles. The number of hydrogen-bond acceptors (Lipinski definition) is 1. The van der Waals surface area contributed by atoms with Crippen molar-refractivity contribution in [3.63, 3.8) is 0 Å². The third kappa shape index (κ3) is 1.93. The van der Waals surface area contributed by atoms with Crippen LogP contribution in [0.4, 0.5) is 0 Å². The zero-order chi connectivity index (χ0) is 8.48. The SMILES string of the molecule is CCC1(C)C=C(C)NC(=S)N1. The van der Waals surface area contributed by atoms with Crippen LogP contribution in [0.2, 0.25) is 0 Å². The lowest BCUT2D eigenvalue weighted by molar-refractivity contribution is 0.484. The molecule has 1 unspecified atom stereocenters. The van der Waals surface area contributed by atoms with E-state index in [-0.39, 0.29) is 5.54 Å². The van der Waals surface area contributed by atoms with Gasteiger partial charge in [-0.1, -0.05) is 6.92 Å². The summed E-state index contributed by atoms with van der Waals surface area (Å²) < 4.78 is 0. The van der Waals surface area contributed by atoms with Crippen molar-refractivity contribution >= 4 is 17.3 Å². The zero-order valence-electron chi connectivity index (χ0n) is 7.19. The number of hydrogen-bond donors (Lipinski definition) is 2. The summed E-state index contributed by atoms with van der Waals surface area (Å²) in [6.45, 7) is 6.31. The lowest BCUT2D eigenvalue weighted by Gasteiger charge is -2.33. The summed E-state index contributed by atoms with van der Waals surface area (Å²) in [6, 6.07) is 0. The molecule has 1 aliphatic rings. The molecule has 0 saturated carbocycles. The third-order valence-corrected chi connectivity index (χ3v) is 2.18. The number of allylic oxidation sites excluding steroid dienone is 1. The molecule has 0 radical (unpaired) electrons. The van der Waals surface area contributed by atoms with Crippen LogP contribution < -0.4 is 10.6 Å². The van der Waals surface area contributed by atoms with Crippen molar-refractivity contribution in [2.45, 2.75) is 32.7 Å². The minimum Gasteiger partial charge on any atom is -0.354 e. The van der Waals surface area contributed by atoms with E-state index in [1.54, 1.807) is 0 Å². The molecule has 0 bridgehead atoms. The van der Waals surface area contributed by atoms with E-state index in [2.05, 4.69) is 30.6 Å². The predicted octanol–water partition coefficient (Wildman–Crippen LogP) is 1.54. The molecule has 62 valence electrons. The van der Waals surface area contributed by atoms with Gasteiger partial charge in [0.1, 0.15) is 0 Å². The standard InChI is InChI=1S/C8H14N2S/c1-4-8(3)5-6(2)9-7(11)10-8/h5H,4H2,1-3H3,(H2,9,10,11). The summed E-state index contributed by atoms with van der Waals surface area (Å²) >= 11 is 5.03. The van der Waals surface area contributed by atoms with E-state index in [1.165, 1.54) is 0 Å². The molecule has 0 aliphatic carbocycles. The minimum atomic E-state index is 0.0480. The van der Waals surface area contributed by atoms with Crippen LogP contribution in [-0.2, 0) is 0 Å². The molecule has 0 saturated heterocycles. The second-order valence-corrected chi connectivity index (χ2v) is 3.59. The van der Waals surface area contributed by atoms with Crippen LogP contribution in [0.5, 0.6) is 0 Å². The summed E-state index contributed by atoms with van der Waals surface area (Å²) in [5.41, 5.74) is 1.19. The van der Waals surface area contributed by atoms with Crippen LogP contribution >= 0.6 is 12.2 Å². The van der Waals surface area contributed by atoms with E-state index >= 15 is 0 Å². The van der Waals surface area contributed by atoms with Gasteiger partial charge in [-0.15, -0.1) is 0 Å². The first-order valence-corrected chi connectivity index (χ1v) is 4.25. The average Bonchev–Trinajstić information content (AvgIpc) is 1.84. The van der Waals surface area contributed by atoms with E-state index in [9.17, 15) is 0 Å². The monoisotopic (exact) mass is 170 g/mol. The fourth-order valence-electron chi connectivity index (χ4n) is 1.21. The van der Waals surface area contributed by atoms with Gasteiger partial charge in [-0.2, -0.15) is 0 Å². The molecule has 0 amide bonds. The van der Waals surface area contributed by atoms with Crippen molar-refractivity contribution in [2.24, 2.45) is 0 Å². The van der Waals surface area contributed by atoms with E-state index in [4.69, 9.17) is 12.2 Å². The summed E-state index contributed by atoms with van der Waals surface area (Å²) in [5.74, 6) is 0. The van der Waals surface area contributed by atoms with Gasteiger partial charge in [0, 0.05) is 5.70 Å². The Kier molecular flexibility index (Phi) is 2.18. The molecule has 11 heavy (non-hydrogen) atoms. The Bertz CT molecular complexity index is 210. The lowest BCUT2D eigenvalue weighted by Crippen LogP contribution is -2.52. The Hall–Kier alpha value is -0.570. The van der Waals surface area contributed by atoms with E-state index in [0.717, 1.165) is 17.2 Å². The maximum absolute atomic E-state index is 5.03. The molecule has 1 rings (SSSR count). The molecule has 1 atom stereocenters. The maximum Gasteiger partial charge on any atom is 0.171 e. The molecule has 2 N–H and O–H groups in total. The lowest BCUT2D eigenvalue weighted by atomic mass is 9.96. The second kappa shape index (κ2) is 2.81. The predicted molar refractivity (Wildman–Crippen MR) is 51.3 cm³/mol. The van der Waals surface area contributed by atoms with Gasteiger partial charge in [0.25, 0.3) is 0 Å². The molecule has 1 heterocycles. The van der Waals surface area contributed by atoms with E-state index in [1.807, 2.05) is 6.92 Å². The van der Waals surface area contributed by atoms with Gasteiger partial charge in [0.2, 0.25) is 0 Å². The number of rotatable bonds is 1. The quantitative estimate of drug-likeness (QED) is 0.584. The Morgan fingerprint density at radius 1 is 1.64 bits per heavy atom. The minimum absolute atomic E-state index is 0.0480. The highest BCUT2D eigenvalue weighted by Crippen LogP contribution is 2.15.